The Balaban J connectivity index is 2.09. The highest BCUT2D eigenvalue weighted by Gasteiger charge is 2.02. The van der Waals surface area contributed by atoms with Crippen LogP contribution in [0.1, 0.15) is 13.8 Å². The largest absolute Gasteiger partial charge is 0.370 e. The van der Waals surface area contributed by atoms with Gasteiger partial charge in [-0.25, -0.2) is 9.97 Å². The molecule has 2 aromatic rings. The lowest BCUT2D eigenvalue weighted by molar-refractivity contribution is 0.687. The number of hydrogen-bond donors (Lipinski definition) is 2. The molecule has 0 unspecified atom stereocenters. The van der Waals surface area contributed by atoms with Crippen LogP contribution in [0, 0.1) is 5.92 Å². The van der Waals surface area contributed by atoms with E-state index in [1.807, 2.05) is 30.3 Å². The minimum atomic E-state index is 0.578. The fourth-order valence-electron chi connectivity index (χ4n) is 1.53. The molecule has 0 fully saturated rings. The number of benzene rings is 1. The Morgan fingerprint density at radius 2 is 1.89 bits per heavy atom. The Labute approximate surface area is 121 Å². The number of nitrogens with one attached hydrogen (secondary N) is 2. The number of para-hydroxylation sites is 1. The molecular weight excluding hydrogens is 304 g/mol. The van der Waals surface area contributed by atoms with Crippen LogP contribution >= 0.6 is 15.9 Å². The van der Waals surface area contributed by atoms with Gasteiger partial charge in [-0.05, 0) is 34.0 Å². The summed E-state index contributed by atoms with van der Waals surface area (Å²) in [6.07, 6.45) is 1.56. The Bertz CT molecular complexity index is 542. The van der Waals surface area contributed by atoms with E-state index in [9.17, 15) is 0 Å². The van der Waals surface area contributed by atoms with Crippen LogP contribution < -0.4 is 10.6 Å². The fourth-order valence-corrected chi connectivity index (χ4v) is 1.92. The minimum absolute atomic E-state index is 0.578. The summed E-state index contributed by atoms with van der Waals surface area (Å²) >= 11 is 3.50. The molecule has 100 valence electrons. The van der Waals surface area contributed by atoms with E-state index in [2.05, 4.69) is 50.4 Å². The van der Waals surface area contributed by atoms with Gasteiger partial charge in [0.1, 0.15) is 18.0 Å². The molecule has 0 aliphatic heterocycles. The van der Waals surface area contributed by atoms with Gasteiger partial charge >= 0.3 is 0 Å². The highest BCUT2D eigenvalue weighted by atomic mass is 79.9. The van der Waals surface area contributed by atoms with Crippen molar-refractivity contribution in [3.63, 3.8) is 0 Å². The molecule has 2 N–H and O–H groups in total. The number of halogens is 1. The maximum atomic E-state index is 4.22. The summed E-state index contributed by atoms with van der Waals surface area (Å²) in [6, 6.07) is 9.84. The van der Waals surface area contributed by atoms with Crippen LogP contribution in [0.15, 0.2) is 41.1 Å². The molecule has 0 aliphatic carbocycles. The first kappa shape index (κ1) is 13.8. The maximum Gasteiger partial charge on any atom is 0.135 e. The van der Waals surface area contributed by atoms with Gasteiger partial charge in [-0.3, -0.25) is 0 Å². The molecule has 0 radical (unpaired) electrons. The molecule has 0 saturated carbocycles. The van der Waals surface area contributed by atoms with E-state index in [1.54, 1.807) is 6.33 Å². The highest BCUT2D eigenvalue weighted by molar-refractivity contribution is 9.10. The molecule has 2 rings (SSSR count). The second-order valence-electron chi connectivity index (χ2n) is 4.67. The minimum Gasteiger partial charge on any atom is -0.370 e. The summed E-state index contributed by atoms with van der Waals surface area (Å²) in [6.45, 7) is 5.22. The van der Waals surface area contributed by atoms with Gasteiger partial charge in [0, 0.05) is 17.1 Å². The number of aromatic nitrogens is 2. The SMILES string of the molecule is CC(C)CNc1cc(Nc2ccccc2Br)ncn1. The molecule has 0 amide bonds. The molecule has 19 heavy (non-hydrogen) atoms. The van der Waals surface area contributed by atoms with Crippen molar-refractivity contribution in [3.05, 3.63) is 41.1 Å². The Kier molecular flexibility index (Phi) is 4.74. The third-order valence-corrected chi connectivity index (χ3v) is 3.19. The van der Waals surface area contributed by atoms with Crippen molar-refractivity contribution in [2.45, 2.75) is 13.8 Å². The molecule has 0 atom stereocenters. The van der Waals surface area contributed by atoms with Crippen LogP contribution in [-0.4, -0.2) is 16.5 Å². The highest BCUT2D eigenvalue weighted by Crippen LogP contribution is 2.24. The monoisotopic (exact) mass is 320 g/mol. The fraction of sp³-hybridized carbons (Fsp3) is 0.286. The van der Waals surface area contributed by atoms with Gasteiger partial charge in [0.25, 0.3) is 0 Å². The predicted octanol–water partition coefficient (Wildman–Crippen LogP) is 4.05. The molecule has 5 heteroatoms. The van der Waals surface area contributed by atoms with Crippen LogP contribution in [0.2, 0.25) is 0 Å². The molecule has 1 heterocycles. The van der Waals surface area contributed by atoms with E-state index in [0.29, 0.717) is 5.92 Å². The summed E-state index contributed by atoms with van der Waals surface area (Å²) in [5.74, 6) is 2.18. The summed E-state index contributed by atoms with van der Waals surface area (Å²) in [4.78, 5) is 8.42. The summed E-state index contributed by atoms with van der Waals surface area (Å²) in [5, 5.41) is 6.54. The third-order valence-electron chi connectivity index (χ3n) is 2.50. The normalized spacial score (nSPS) is 10.5. The molecule has 1 aromatic heterocycles. The second-order valence-corrected chi connectivity index (χ2v) is 5.52. The van der Waals surface area contributed by atoms with Crippen molar-refractivity contribution in [2.24, 2.45) is 5.92 Å². The number of nitrogens with zero attached hydrogens (tertiary/aromatic N) is 2. The van der Waals surface area contributed by atoms with Gasteiger partial charge in [-0.1, -0.05) is 26.0 Å². The Hall–Kier alpha value is -1.62. The van der Waals surface area contributed by atoms with E-state index < -0.39 is 0 Å². The van der Waals surface area contributed by atoms with E-state index in [0.717, 1.165) is 28.3 Å². The predicted molar refractivity (Wildman–Crippen MR) is 82.8 cm³/mol. The lowest BCUT2D eigenvalue weighted by atomic mass is 10.2. The standard InChI is InChI=1S/C14H17BrN4/c1-10(2)8-16-13-7-14(18-9-17-13)19-12-6-4-3-5-11(12)15/h3-7,9-10H,8H2,1-2H3,(H2,16,17,18,19). The molecule has 0 bridgehead atoms. The van der Waals surface area contributed by atoms with Crippen LogP contribution in [0.25, 0.3) is 0 Å². The van der Waals surface area contributed by atoms with Gasteiger partial charge in [0.2, 0.25) is 0 Å². The van der Waals surface area contributed by atoms with Gasteiger partial charge in [0.05, 0.1) is 5.69 Å². The number of rotatable bonds is 5. The molecular formula is C14H17BrN4. The molecule has 0 aliphatic rings. The van der Waals surface area contributed by atoms with Crippen LogP contribution in [0.3, 0.4) is 0 Å². The molecule has 1 aromatic carbocycles. The van der Waals surface area contributed by atoms with Crippen molar-refractivity contribution >= 4 is 33.3 Å². The molecule has 4 nitrogen and oxygen atoms in total. The van der Waals surface area contributed by atoms with E-state index >= 15 is 0 Å². The zero-order valence-electron chi connectivity index (χ0n) is 11.0. The van der Waals surface area contributed by atoms with Gasteiger partial charge in [0.15, 0.2) is 0 Å². The van der Waals surface area contributed by atoms with Crippen LogP contribution in [-0.2, 0) is 0 Å². The Morgan fingerprint density at radius 3 is 2.63 bits per heavy atom. The van der Waals surface area contributed by atoms with Gasteiger partial charge in [-0.2, -0.15) is 0 Å². The van der Waals surface area contributed by atoms with Gasteiger partial charge in [-0.15, -0.1) is 0 Å². The first-order valence-corrected chi connectivity index (χ1v) is 7.02. The van der Waals surface area contributed by atoms with Crippen molar-refractivity contribution < 1.29 is 0 Å². The van der Waals surface area contributed by atoms with Crippen molar-refractivity contribution in [2.75, 3.05) is 17.2 Å². The van der Waals surface area contributed by atoms with E-state index in [1.165, 1.54) is 0 Å². The molecule has 0 saturated heterocycles. The third kappa shape index (κ3) is 4.21. The Morgan fingerprint density at radius 1 is 1.16 bits per heavy atom. The molecule has 0 spiro atoms. The topological polar surface area (TPSA) is 49.8 Å². The first-order valence-electron chi connectivity index (χ1n) is 6.22. The number of hydrogen-bond acceptors (Lipinski definition) is 4. The average Bonchev–Trinajstić information content (AvgIpc) is 2.40. The lowest BCUT2D eigenvalue weighted by Crippen LogP contribution is -2.09. The van der Waals surface area contributed by atoms with Crippen molar-refractivity contribution in [3.8, 4) is 0 Å². The van der Waals surface area contributed by atoms with Crippen LogP contribution in [0.5, 0.6) is 0 Å². The summed E-state index contributed by atoms with van der Waals surface area (Å²) in [5.41, 5.74) is 0.982. The lowest BCUT2D eigenvalue weighted by Gasteiger charge is -2.10. The zero-order chi connectivity index (χ0) is 13.7. The first-order chi connectivity index (χ1) is 9.15. The smallest absolute Gasteiger partial charge is 0.135 e. The van der Waals surface area contributed by atoms with Crippen molar-refractivity contribution in [1.29, 1.82) is 0 Å². The summed E-state index contributed by atoms with van der Waals surface area (Å²) < 4.78 is 1.00. The maximum absolute atomic E-state index is 4.22. The van der Waals surface area contributed by atoms with E-state index in [-0.39, 0.29) is 0 Å². The quantitative estimate of drug-likeness (QED) is 0.872. The summed E-state index contributed by atoms with van der Waals surface area (Å²) in [7, 11) is 0. The van der Waals surface area contributed by atoms with Crippen molar-refractivity contribution in [1.82, 2.24) is 9.97 Å². The second kappa shape index (κ2) is 6.52. The van der Waals surface area contributed by atoms with E-state index in [4.69, 9.17) is 0 Å². The zero-order valence-corrected chi connectivity index (χ0v) is 12.6. The van der Waals surface area contributed by atoms with Crippen LogP contribution in [0.4, 0.5) is 17.3 Å². The van der Waals surface area contributed by atoms with Gasteiger partial charge < -0.3 is 10.6 Å². The average molecular weight is 321 g/mol. The number of anilines is 3.